The van der Waals surface area contributed by atoms with Gasteiger partial charge in [0.2, 0.25) is 0 Å². The number of benzene rings is 2. The molecular weight excluding hydrogens is 366 g/mol. The van der Waals surface area contributed by atoms with Crippen molar-refractivity contribution in [1.82, 2.24) is 4.98 Å². The summed E-state index contributed by atoms with van der Waals surface area (Å²) >= 11 is 11.9. The van der Waals surface area contributed by atoms with Crippen LogP contribution in [0.2, 0.25) is 10.0 Å². The average Bonchev–Trinajstić information content (AvgIpc) is 2.58. The number of esters is 1. The highest BCUT2D eigenvalue weighted by Gasteiger charge is 2.14. The van der Waals surface area contributed by atoms with Gasteiger partial charge >= 0.3 is 5.97 Å². The fraction of sp³-hybridized carbons (Fsp3) is 0.111. The summed E-state index contributed by atoms with van der Waals surface area (Å²) in [6.45, 7) is 1.97. The first kappa shape index (κ1) is 17.5. The number of hydrogen-bond donors (Lipinski definition) is 1. The van der Waals surface area contributed by atoms with Crippen LogP contribution in [-0.2, 0) is 4.74 Å². The topological polar surface area (TPSA) is 51.2 Å². The van der Waals surface area contributed by atoms with Gasteiger partial charge in [0.25, 0.3) is 0 Å². The molecule has 0 bridgehead atoms. The Kier molecular flexibility index (Phi) is 5.06. The van der Waals surface area contributed by atoms with Gasteiger partial charge in [0, 0.05) is 16.1 Å². The molecule has 0 amide bonds. The number of hydrogen-bond acceptors (Lipinski definition) is 4. The maximum atomic E-state index is 13.3. The van der Waals surface area contributed by atoms with Gasteiger partial charge in [-0.15, -0.1) is 0 Å². The average molecular weight is 379 g/mol. The molecule has 0 fully saturated rings. The minimum atomic E-state index is -0.528. The summed E-state index contributed by atoms with van der Waals surface area (Å²) < 4.78 is 18.4. The number of halogens is 3. The normalized spacial score (nSPS) is 10.7. The Hall–Kier alpha value is -2.37. The van der Waals surface area contributed by atoms with E-state index in [0.29, 0.717) is 27.3 Å². The van der Waals surface area contributed by atoms with Gasteiger partial charge in [-0.05, 0) is 49.4 Å². The second kappa shape index (κ2) is 7.25. The van der Waals surface area contributed by atoms with E-state index in [2.05, 4.69) is 10.3 Å². The van der Waals surface area contributed by atoms with Gasteiger partial charge in [-0.2, -0.15) is 0 Å². The number of aromatic nitrogens is 1. The zero-order chi connectivity index (χ0) is 18.0. The first-order chi connectivity index (χ1) is 12.0. The Morgan fingerprint density at radius 1 is 1.20 bits per heavy atom. The maximum Gasteiger partial charge on any atom is 0.357 e. The predicted octanol–water partition coefficient (Wildman–Crippen LogP) is 5.60. The molecule has 0 aliphatic rings. The molecule has 128 valence electrons. The van der Waals surface area contributed by atoms with Gasteiger partial charge in [-0.25, -0.2) is 14.2 Å². The van der Waals surface area contributed by atoms with Crippen molar-refractivity contribution >= 4 is 51.4 Å². The number of rotatable bonds is 4. The summed E-state index contributed by atoms with van der Waals surface area (Å²) in [6.07, 6.45) is 0. The largest absolute Gasteiger partial charge is 0.461 e. The molecule has 25 heavy (non-hydrogen) atoms. The summed E-state index contributed by atoms with van der Waals surface area (Å²) in [6, 6.07) is 10.9. The van der Waals surface area contributed by atoms with Gasteiger partial charge in [0.15, 0.2) is 5.69 Å². The Balaban J connectivity index is 2.11. The predicted molar refractivity (Wildman–Crippen MR) is 97.4 cm³/mol. The van der Waals surface area contributed by atoms with Crippen LogP contribution < -0.4 is 5.32 Å². The number of carbonyl (C=O) groups is 1. The third-order valence-corrected chi connectivity index (χ3v) is 3.98. The third kappa shape index (κ3) is 3.83. The molecule has 2 aromatic carbocycles. The van der Waals surface area contributed by atoms with Gasteiger partial charge in [0.1, 0.15) is 5.82 Å². The standard InChI is InChI=1S/C18H13Cl2FN2O2/c1-2-25-18(24)17-9-16(12-7-10(19)3-6-15(12)23-17)22-11-4-5-14(21)13(20)8-11/h3-9H,2H2,1H3,(H,22,23). The zero-order valence-corrected chi connectivity index (χ0v) is 14.7. The van der Waals surface area contributed by atoms with Crippen molar-refractivity contribution in [2.24, 2.45) is 0 Å². The molecule has 0 aliphatic heterocycles. The van der Waals surface area contributed by atoms with Crippen molar-refractivity contribution in [3.63, 3.8) is 0 Å². The van der Waals surface area contributed by atoms with Gasteiger partial charge < -0.3 is 10.1 Å². The first-order valence-electron chi connectivity index (χ1n) is 7.47. The number of fused-ring (bicyclic) bond motifs is 1. The minimum Gasteiger partial charge on any atom is -0.461 e. The van der Waals surface area contributed by atoms with Crippen LogP contribution in [-0.4, -0.2) is 17.6 Å². The van der Waals surface area contributed by atoms with Crippen LogP contribution in [0.25, 0.3) is 10.9 Å². The molecule has 0 unspecified atom stereocenters. The van der Waals surface area contributed by atoms with E-state index in [-0.39, 0.29) is 17.3 Å². The van der Waals surface area contributed by atoms with Crippen molar-refractivity contribution in [3.8, 4) is 0 Å². The van der Waals surface area contributed by atoms with Crippen molar-refractivity contribution in [1.29, 1.82) is 0 Å². The lowest BCUT2D eigenvalue weighted by Gasteiger charge is -2.12. The molecule has 0 aliphatic carbocycles. The summed E-state index contributed by atoms with van der Waals surface area (Å²) in [5, 5.41) is 4.35. The highest BCUT2D eigenvalue weighted by Crippen LogP contribution is 2.30. The van der Waals surface area contributed by atoms with Crippen molar-refractivity contribution in [3.05, 3.63) is 64.0 Å². The third-order valence-electron chi connectivity index (χ3n) is 3.45. The highest BCUT2D eigenvalue weighted by molar-refractivity contribution is 6.31. The second-order valence-corrected chi connectivity index (χ2v) is 6.03. The van der Waals surface area contributed by atoms with Crippen LogP contribution in [0, 0.1) is 5.82 Å². The van der Waals surface area contributed by atoms with Gasteiger partial charge in [0.05, 0.1) is 22.8 Å². The van der Waals surface area contributed by atoms with Crippen molar-refractivity contribution in [2.45, 2.75) is 6.92 Å². The van der Waals surface area contributed by atoms with Gasteiger partial charge in [-0.1, -0.05) is 23.2 Å². The zero-order valence-electron chi connectivity index (χ0n) is 13.1. The molecule has 3 rings (SSSR count). The summed E-state index contributed by atoms with van der Waals surface area (Å²) in [4.78, 5) is 16.4. The van der Waals surface area contributed by atoms with E-state index in [1.54, 1.807) is 37.3 Å². The molecule has 0 spiro atoms. The van der Waals surface area contributed by atoms with Crippen molar-refractivity contribution < 1.29 is 13.9 Å². The molecule has 0 atom stereocenters. The fourth-order valence-electron chi connectivity index (χ4n) is 2.34. The SMILES string of the molecule is CCOC(=O)c1cc(Nc2ccc(F)c(Cl)c2)c2cc(Cl)ccc2n1. The maximum absolute atomic E-state index is 13.3. The van der Waals surface area contributed by atoms with Crippen LogP contribution in [0.4, 0.5) is 15.8 Å². The number of anilines is 2. The Morgan fingerprint density at radius 2 is 2.00 bits per heavy atom. The van der Waals surface area contributed by atoms with Crippen LogP contribution >= 0.6 is 23.2 Å². The minimum absolute atomic E-state index is 0.00740. The van der Waals surface area contributed by atoms with E-state index in [0.717, 1.165) is 0 Å². The lowest BCUT2D eigenvalue weighted by atomic mass is 10.1. The van der Waals surface area contributed by atoms with E-state index in [9.17, 15) is 9.18 Å². The van der Waals surface area contributed by atoms with E-state index in [1.165, 1.54) is 12.1 Å². The van der Waals surface area contributed by atoms with E-state index < -0.39 is 11.8 Å². The van der Waals surface area contributed by atoms with E-state index in [1.807, 2.05) is 0 Å². The molecule has 1 N–H and O–H groups in total. The summed E-state index contributed by atoms with van der Waals surface area (Å²) in [5.41, 5.74) is 1.88. The highest BCUT2D eigenvalue weighted by atomic mass is 35.5. The first-order valence-corrected chi connectivity index (χ1v) is 8.23. The molecule has 4 nitrogen and oxygen atoms in total. The molecule has 0 radical (unpaired) electrons. The molecule has 0 saturated carbocycles. The van der Waals surface area contributed by atoms with Crippen LogP contribution in [0.3, 0.4) is 0 Å². The summed E-state index contributed by atoms with van der Waals surface area (Å²) in [7, 11) is 0. The van der Waals surface area contributed by atoms with E-state index in [4.69, 9.17) is 27.9 Å². The van der Waals surface area contributed by atoms with Crippen molar-refractivity contribution in [2.75, 3.05) is 11.9 Å². The second-order valence-electron chi connectivity index (χ2n) is 5.19. The Bertz CT molecular complexity index is 963. The monoisotopic (exact) mass is 378 g/mol. The Morgan fingerprint density at radius 3 is 2.72 bits per heavy atom. The molecular formula is C18H13Cl2FN2O2. The molecule has 0 saturated heterocycles. The lowest BCUT2D eigenvalue weighted by molar-refractivity contribution is 0.0520. The fourth-order valence-corrected chi connectivity index (χ4v) is 2.69. The quantitative estimate of drug-likeness (QED) is 0.600. The molecule has 7 heteroatoms. The molecule has 1 heterocycles. The lowest BCUT2D eigenvalue weighted by Crippen LogP contribution is -2.08. The number of ether oxygens (including phenoxy) is 1. The molecule has 1 aromatic heterocycles. The number of nitrogens with one attached hydrogen (secondary N) is 1. The smallest absolute Gasteiger partial charge is 0.357 e. The van der Waals surface area contributed by atoms with E-state index >= 15 is 0 Å². The van der Waals surface area contributed by atoms with Crippen LogP contribution in [0.1, 0.15) is 17.4 Å². The molecule has 3 aromatic rings. The number of nitrogens with zero attached hydrogens (tertiary/aromatic N) is 1. The van der Waals surface area contributed by atoms with Gasteiger partial charge in [-0.3, -0.25) is 0 Å². The number of carbonyl (C=O) groups excluding carboxylic acids is 1. The van der Waals surface area contributed by atoms with Crippen LogP contribution in [0.5, 0.6) is 0 Å². The Labute approximate surface area is 153 Å². The van der Waals surface area contributed by atoms with Crippen LogP contribution in [0.15, 0.2) is 42.5 Å². The summed E-state index contributed by atoms with van der Waals surface area (Å²) in [5.74, 6) is -1.04. The number of pyridine rings is 1.